The first-order chi connectivity index (χ1) is 18.6. The minimum Gasteiger partial charge on any atom is -0.457 e. The molecule has 3 amide bonds. The number of urea groups is 1. The Balaban J connectivity index is 1.30. The number of ether oxygens (including phenoxy) is 1. The van der Waals surface area contributed by atoms with Gasteiger partial charge in [-0.05, 0) is 63.2 Å². The lowest BCUT2D eigenvalue weighted by Gasteiger charge is -2.18. The van der Waals surface area contributed by atoms with Crippen LogP contribution >= 0.6 is 11.3 Å². The molecular formula is C28H27N7O3S. The molecule has 3 heterocycles. The first-order valence-electron chi connectivity index (χ1n) is 12.2. The lowest BCUT2D eigenvalue weighted by atomic mass is 10.1. The van der Waals surface area contributed by atoms with Gasteiger partial charge in [0.05, 0.1) is 27.0 Å². The molecule has 0 saturated carbocycles. The summed E-state index contributed by atoms with van der Waals surface area (Å²) in [6.45, 7) is 7.56. The number of benzene rings is 2. The topological polar surface area (TPSA) is 123 Å². The molecule has 0 bridgehead atoms. The van der Waals surface area contributed by atoms with E-state index in [0.29, 0.717) is 34.4 Å². The lowest BCUT2D eigenvalue weighted by molar-refractivity contribution is -0.114. The average molecular weight is 542 g/mol. The van der Waals surface area contributed by atoms with Gasteiger partial charge in [-0.2, -0.15) is 5.10 Å². The van der Waals surface area contributed by atoms with Gasteiger partial charge in [0.15, 0.2) is 0 Å². The van der Waals surface area contributed by atoms with Gasteiger partial charge in [0.25, 0.3) is 0 Å². The highest BCUT2D eigenvalue weighted by molar-refractivity contribution is 7.16. The maximum Gasteiger partial charge on any atom is 0.323 e. The van der Waals surface area contributed by atoms with Gasteiger partial charge in [-0.25, -0.2) is 14.8 Å². The fourth-order valence-electron chi connectivity index (χ4n) is 3.78. The number of nitrogens with one attached hydrogen (secondary N) is 3. The van der Waals surface area contributed by atoms with Crippen LogP contribution < -0.4 is 20.7 Å². The Labute approximate surface area is 229 Å². The third-order valence-corrected chi connectivity index (χ3v) is 6.45. The van der Waals surface area contributed by atoms with Gasteiger partial charge in [0.1, 0.15) is 23.0 Å². The second-order valence-electron chi connectivity index (χ2n) is 9.81. The number of rotatable bonds is 6. The van der Waals surface area contributed by atoms with Gasteiger partial charge in [0, 0.05) is 36.6 Å². The van der Waals surface area contributed by atoms with Crippen LogP contribution in [0.25, 0.3) is 21.5 Å². The number of carbonyl (C=O) groups excluding carboxylic acids is 2. The normalized spacial score (nSPS) is 11.3. The molecule has 10 nitrogen and oxygen atoms in total. The fraction of sp³-hybridized carbons (Fsp3) is 0.179. The maximum absolute atomic E-state index is 13.0. The summed E-state index contributed by atoms with van der Waals surface area (Å²) in [5.41, 5.74) is 5.13. The molecule has 0 aliphatic heterocycles. The number of aromatic nitrogens is 4. The summed E-state index contributed by atoms with van der Waals surface area (Å²) >= 11 is 1.58. The monoisotopic (exact) mass is 541 g/mol. The molecule has 5 aromatic rings. The first kappa shape index (κ1) is 25.9. The number of anilines is 3. The van der Waals surface area contributed by atoms with Crippen LogP contribution in [0.4, 0.5) is 22.0 Å². The first-order valence-corrected chi connectivity index (χ1v) is 13.1. The number of thiazole rings is 1. The second-order valence-corrected chi connectivity index (χ2v) is 10.7. The van der Waals surface area contributed by atoms with Crippen molar-refractivity contribution in [3.05, 3.63) is 72.5 Å². The molecular weight excluding hydrogens is 514 g/mol. The van der Waals surface area contributed by atoms with E-state index in [2.05, 4.69) is 25.9 Å². The van der Waals surface area contributed by atoms with Crippen LogP contribution in [0.1, 0.15) is 27.7 Å². The Kier molecular flexibility index (Phi) is 6.99. The number of nitrogens with zero attached hydrogens (tertiary/aromatic N) is 4. The Hall–Kier alpha value is -4.77. The molecule has 0 aliphatic rings. The Morgan fingerprint density at radius 1 is 0.923 bits per heavy atom. The summed E-state index contributed by atoms with van der Waals surface area (Å²) in [5, 5.41) is 13.2. The number of amides is 3. The van der Waals surface area contributed by atoms with Gasteiger partial charge in [-0.15, -0.1) is 11.3 Å². The van der Waals surface area contributed by atoms with Crippen LogP contribution in [0.15, 0.2) is 72.5 Å². The SMILES string of the molecule is CC(=O)Nc1cc(Oc2ccc(NC(=O)Nc3cn(C(C)(C)C)nc3-c3ccc4scnc4c3)cc2)ccn1. The summed E-state index contributed by atoms with van der Waals surface area (Å²) in [4.78, 5) is 32.7. The van der Waals surface area contributed by atoms with Gasteiger partial charge in [-0.3, -0.25) is 9.48 Å². The maximum atomic E-state index is 13.0. The van der Waals surface area contributed by atoms with Crippen LogP contribution in [-0.2, 0) is 10.3 Å². The zero-order valence-corrected chi connectivity index (χ0v) is 22.7. The highest BCUT2D eigenvalue weighted by Gasteiger charge is 2.21. The summed E-state index contributed by atoms with van der Waals surface area (Å²) in [7, 11) is 0. The number of hydrogen-bond acceptors (Lipinski definition) is 7. The van der Waals surface area contributed by atoms with Crippen LogP contribution in [-0.4, -0.2) is 31.7 Å². The molecule has 0 atom stereocenters. The Morgan fingerprint density at radius 2 is 1.72 bits per heavy atom. The zero-order valence-electron chi connectivity index (χ0n) is 21.9. The van der Waals surface area contributed by atoms with Crippen molar-refractivity contribution in [2.75, 3.05) is 16.0 Å². The average Bonchev–Trinajstić information content (AvgIpc) is 3.51. The third-order valence-electron chi connectivity index (χ3n) is 5.64. The number of pyridine rings is 1. The molecule has 3 aromatic heterocycles. The fourth-order valence-corrected chi connectivity index (χ4v) is 4.44. The molecule has 0 fully saturated rings. The van der Waals surface area contributed by atoms with Crippen molar-refractivity contribution < 1.29 is 14.3 Å². The van der Waals surface area contributed by atoms with Crippen molar-refractivity contribution in [1.82, 2.24) is 19.7 Å². The summed E-state index contributed by atoms with van der Waals surface area (Å²) in [6.07, 6.45) is 3.38. The van der Waals surface area contributed by atoms with Crippen LogP contribution in [0.3, 0.4) is 0 Å². The Morgan fingerprint density at radius 3 is 2.46 bits per heavy atom. The van der Waals surface area contributed by atoms with Crippen molar-refractivity contribution in [1.29, 1.82) is 0 Å². The van der Waals surface area contributed by atoms with Gasteiger partial charge >= 0.3 is 6.03 Å². The van der Waals surface area contributed by atoms with Gasteiger partial charge in [-0.1, -0.05) is 6.07 Å². The minimum absolute atomic E-state index is 0.216. The highest BCUT2D eigenvalue weighted by atomic mass is 32.1. The molecule has 0 aliphatic carbocycles. The van der Waals surface area contributed by atoms with E-state index in [1.807, 2.05) is 55.4 Å². The summed E-state index contributed by atoms with van der Waals surface area (Å²) in [5.74, 6) is 1.26. The van der Waals surface area contributed by atoms with Crippen molar-refractivity contribution in [2.24, 2.45) is 0 Å². The minimum atomic E-state index is -0.401. The van der Waals surface area contributed by atoms with E-state index < -0.39 is 6.03 Å². The van der Waals surface area contributed by atoms with Gasteiger partial charge in [0.2, 0.25) is 5.91 Å². The van der Waals surface area contributed by atoms with Crippen molar-refractivity contribution in [3.8, 4) is 22.8 Å². The van der Waals surface area contributed by atoms with Crippen molar-refractivity contribution >= 4 is 50.7 Å². The molecule has 11 heteroatoms. The molecule has 0 spiro atoms. The number of hydrogen-bond donors (Lipinski definition) is 3. The van der Waals surface area contributed by atoms with E-state index in [9.17, 15) is 9.59 Å². The van der Waals surface area contributed by atoms with Crippen molar-refractivity contribution in [2.45, 2.75) is 33.2 Å². The van der Waals surface area contributed by atoms with E-state index in [1.54, 1.807) is 53.9 Å². The zero-order chi connectivity index (χ0) is 27.6. The lowest BCUT2D eigenvalue weighted by Crippen LogP contribution is -2.22. The smallest absolute Gasteiger partial charge is 0.323 e. The quantitative estimate of drug-likeness (QED) is 0.220. The second kappa shape index (κ2) is 10.5. The molecule has 5 rings (SSSR count). The molecule has 2 aromatic carbocycles. The standard InChI is InChI=1S/C28H27N7O3S/c1-17(36)31-25-14-21(11-12-29-25)38-20-8-6-19(7-9-20)32-27(37)33-23-15-35(28(2,3)4)34-26(23)18-5-10-24-22(13-18)30-16-39-24/h5-16H,1-4H3,(H,29,31,36)(H2,32,33,37). The molecule has 0 radical (unpaired) electrons. The molecule has 3 N–H and O–H groups in total. The van der Waals surface area contributed by atoms with Crippen LogP contribution in [0.5, 0.6) is 11.5 Å². The van der Waals surface area contributed by atoms with Crippen LogP contribution in [0.2, 0.25) is 0 Å². The Bertz CT molecular complexity index is 1650. The van der Waals surface area contributed by atoms with E-state index >= 15 is 0 Å². The van der Waals surface area contributed by atoms with E-state index in [0.717, 1.165) is 15.8 Å². The molecule has 0 unspecified atom stereocenters. The molecule has 0 saturated heterocycles. The summed E-state index contributed by atoms with van der Waals surface area (Å²) in [6, 6.07) is 15.8. The predicted octanol–water partition coefficient (Wildman–Crippen LogP) is 6.70. The number of carbonyl (C=O) groups is 2. The number of fused-ring (bicyclic) bond motifs is 1. The van der Waals surface area contributed by atoms with E-state index in [-0.39, 0.29) is 11.4 Å². The van der Waals surface area contributed by atoms with Crippen molar-refractivity contribution in [3.63, 3.8) is 0 Å². The molecule has 39 heavy (non-hydrogen) atoms. The van der Waals surface area contributed by atoms with Gasteiger partial charge < -0.3 is 20.7 Å². The third kappa shape index (κ3) is 6.21. The largest absolute Gasteiger partial charge is 0.457 e. The van der Waals surface area contributed by atoms with Crippen LogP contribution in [0, 0.1) is 0 Å². The summed E-state index contributed by atoms with van der Waals surface area (Å²) < 4.78 is 8.77. The van der Waals surface area contributed by atoms with E-state index in [1.165, 1.54) is 6.92 Å². The highest BCUT2D eigenvalue weighted by Crippen LogP contribution is 2.32. The van der Waals surface area contributed by atoms with E-state index in [4.69, 9.17) is 9.84 Å². The predicted molar refractivity (Wildman–Crippen MR) is 154 cm³/mol. The molecule has 198 valence electrons.